The normalized spacial score (nSPS) is 11.3. The summed E-state index contributed by atoms with van der Waals surface area (Å²) in [5, 5.41) is 3.95. The first-order valence-corrected chi connectivity index (χ1v) is 6.63. The van der Waals surface area contributed by atoms with Gasteiger partial charge < -0.3 is 9.15 Å². The Morgan fingerprint density at radius 1 is 1.29 bits per heavy atom. The van der Waals surface area contributed by atoms with Gasteiger partial charge >= 0.3 is 0 Å². The van der Waals surface area contributed by atoms with Gasteiger partial charge in [0.1, 0.15) is 17.2 Å². The Labute approximate surface area is 123 Å². The largest absolute Gasteiger partial charge is 0.484 e. The molecule has 2 rings (SSSR count). The number of rotatable bonds is 5. The summed E-state index contributed by atoms with van der Waals surface area (Å²) in [6, 6.07) is 9.24. The zero-order chi connectivity index (χ0) is 15.2. The van der Waals surface area contributed by atoms with Crippen molar-refractivity contribution in [3.63, 3.8) is 0 Å². The average Bonchev–Trinajstić information content (AvgIpc) is 3.00. The lowest BCUT2D eigenvalue weighted by molar-refractivity contribution is -0.123. The fraction of sp³-hybridized carbons (Fsp3) is 0.250. The van der Waals surface area contributed by atoms with Gasteiger partial charge in [-0.3, -0.25) is 4.79 Å². The maximum absolute atomic E-state index is 11.7. The lowest BCUT2D eigenvalue weighted by atomic mass is 10.1. The Bertz CT molecular complexity index is 646. The standard InChI is InChI=1S/C16H18N2O3/c1-11-6-7-14(9-12(11)2)21-10-16(19)18-17-13(3)15-5-4-8-20-15/h4-9H,10H2,1-3H3,(H,18,19). The molecule has 0 unspecified atom stereocenters. The number of hydrogen-bond acceptors (Lipinski definition) is 4. The molecule has 1 amide bonds. The van der Waals surface area contributed by atoms with Crippen molar-refractivity contribution < 1.29 is 13.9 Å². The Morgan fingerprint density at radius 2 is 2.10 bits per heavy atom. The van der Waals surface area contributed by atoms with Crippen LogP contribution in [0.4, 0.5) is 0 Å². The number of nitrogens with zero attached hydrogens (tertiary/aromatic N) is 1. The third kappa shape index (κ3) is 4.21. The number of furan rings is 1. The molecule has 0 aliphatic heterocycles. The van der Waals surface area contributed by atoms with Crippen molar-refractivity contribution in [3.8, 4) is 5.75 Å². The van der Waals surface area contributed by atoms with Crippen LogP contribution in [0.15, 0.2) is 46.1 Å². The fourth-order valence-electron chi connectivity index (χ4n) is 1.67. The third-order valence-corrected chi connectivity index (χ3v) is 3.07. The van der Waals surface area contributed by atoms with Gasteiger partial charge in [-0.25, -0.2) is 5.43 Å². The second-order valence-electron chi connectivity index (χ2n) is 4.74. The molecule has 2 aromatic rings. The van der Waals surface area contributed by atoms with Gasteiger partial charge in [0.15, 0.2) is 6.61 Å². The van der Waals surface area contributed by atoms with Gasteiger partial charge in [0.25, 0.3) is 5.91 Å². The minimum Gasteiger partial charge on any atom is -0.484 e. The van der Waals surface area contributed by atoms with E-state index in [1.54, 1.807) is 25.3 Å². The molecule has 0 radical (unpaired) electrons. The number of amides is 1. The van der Waals surface area contributed by atoms with E-state index in [0.717, 1.165) is 5.56 Å². The van der Waals surface area contributed by atoms with E-state index in [0.29, 0.717) is 17.2 Å². The van der Waals surface area contributed by atoms with Crippen molar-refractivity contribution in [1.29, 1.82) is 0 Å². The summed E-state index contributed by atoms with van der Waals surface area (Å²) in [4.78, 5) is 11.7. The minimum absolute atomic E-state index is 0.0859. The van der Waals surface area contributed by atoms with Crippen molar-refractivity contribution in [2.24, 2.45) is 5.10 Å². The SMILES string of the molecule is CC(=NNC(=O)COc1ccc(C)c(C)c1)c1ccco1. The van der Waals surface area contributed by atoms with Crippen LogP contribution in [0.3, 0.4) is 0 Å². The second kappa shape index (κ2) is 6.74. The highest BCUT2D eigenvalue weighted by molar-refractivity contribution is 5.96. The van der Waals surface area contributed by atoms with Crippen LogP contribution in [-0.2, 0) is 4.79 Å². The number of hydrogen-bond donors (Lipinski definition) is 1. The number of benzene rings is 1. The van der Waals surface area contributed by atoms with Crippen LogP contribution in [0.2, 0.25) is 0 Å². The highest BCUT2D eigenvalue weighted by Crippen LogP contribution is 2.16. The molecule has 0 spiro atoms. The molecule has 0 fully saturated rings. The fourth-order valence-corrected chi connectivity index (χ4v) is 1.67. The average molecular weight is 286 g/mol. The Balaban J connectivity index is 1.85. The molecule has 0 aliphatic carbocycles. The van der Waals surface area contributed by atoms with Crippen molar-refractivity contribution in [2.75, 3.05) is 6.61 Å². The monoisotopic (exact) mass is 286 g/mol. The lowest BCUT2D eigenvalue weighted by Gasteiger charge is -2.07. The molecule has 1 N–H and O–H groups in total. The minimum atomic E-state index is -0.320. The molecule has 0 aliphatic rings. The van der Waals surface area contributed by atoms with Gasteiger partial charge in [-0.2, -0.15) is 5.10 Å². The molecule has 1 aromatic carbocycles. The quantitative estimate of drug-likeness (QED) is 0.679. The van der Waals surface area contributed by atoms with Crippen LogP contribution in [-0.4, -0.2) is 18.2 Å². The molecule has 1 heterocycles. The third-order valence-electron chi connectivity index (χ3n) is 3.07. The van der Waals surface area contributed by atoms with Crippen LogP contribution in [0.1, 0.15) is 23.8 Å². The van der Waals surface area contributed by atoms with Crippen molar-refractivity contribution in [2.45, 2.75) is 20.8 Å². The molecular formula is C16H18N2O3. The number of aryl methyl sites for hydroxylation is 2. The first-order valence-electron chi connectivity index (χ1n) is 6.63. The summed E-state index contributed by atoms with van der Waals surface area (Å²) >= 11 is 0. The van der Waals surface area contributed by atoms with Crippen molar-refractivity contribution in [3.05, 3.63) is 53.5 Å². The number of carbonyl (C=O) groups is 1. The van der Waals surface area contributed by atoms with Gasteiger partial charge in [0.2, 0.25) is 0 Å². The predicted molar refractivity (Wildman–Crippen MR) is 80.5 cm³/mol. The number of hydrazone groups is 1. The second-order valence-corrected chi connectivity index (χ2v) is 4.74. The maximum atomic E-state index is 11.7. The van der Waals surface area contributed by atoms with Gasteiger partial charge in [0.05, 0.1) is 6.26 Å². The van der Waals surface area contributed by atoms with Crippen molar-refractivity contribution >= 4 is 11.6 Å². The summed E-state index contributed by atoms with van der Waals surface area (Å²) < 4.78 is 10.6. The summed E-state index contributed by atoms with van der Waals surface area (Å²) in [5.41, 5.74) is 5.34. The van der Waals surface area contributed by atoms with Gasteiger partial charge in [-0.05, 0) is 56.2 Å². The maximum Gasteiger partial charge on any atom is 0.277 e. The molecule has 0 bridgehead atoms. The highest BCUT2D eigenvalue weighted by Gasteiger charge is 2.04. The molecule has 1 aromatic heterocycles. The summed E-state index contributed by atoms with van der Waals surface area (Å²) in [5.74, 6) is 0.962. The van der Waals surface area contributed by atoms with E-state index < -0.39 is 0 Å². The predicted octanol–water partition coefficient (Wildman–Crippen LogP) is 2.82. The van der Waals surface area contributed by atoms with E-state index in [4.69, 9.17) is 9.15 Å². The van der Waals surface area contributed by atoms with Crippen LogP contribution < -0.4 is 10.2 Å². The molecule has 5 heteroatoms. The molecule has 0 saturated carbocycles. The number of carbonyl (C=O) groups excluding carboxylic acids is 1. The molecule has 0 saturated heterocycles. The zero-order valence-corrected chi connectivity index (χ0v) is 12.3. The van der Waals surface area contributed by atoms with E-state index in [9.17, 15) is 4.79 Å². The molecular weight excluding hydrogens is 268 g/mol. The van der Waals surface area contributed by atoms with E-state index in [-0.39, 0.29) is 12.5 Å². The van der Waals surface area contributed by atoms with Crippen molar-refractivity contribution in [1.82, 2.24) is 5.43 Å². The summed E-state index contributed by atoms with van der Waals surface area (Å²) in [6.45, 7) is 5.69. The first kappa shape index (κ1) is 14.8. The lowest BCUT2D eigenvalue weighted by Crippen LogP contribution is -2.25. The van der Waals surface area contributed by atoms with E-state index in [1.165, 1.54) is 5.56 Å². The molecule has 0 atom stereocenters. The highest BCUT2D eigenvalue weighted by atomic mass is 16.5. The number of ether oxygens (including phenoxy) is 1. The van der Waals surface area contributed by atoms with Crippen LogP contribution in [0, 0.1) is 13.8 Å². The van der Waals surface area contributed by atoms with Gasteiger partial charge in [0, 0.05) is 0 Å². The van der Waals surface area contributed by atoms with Crippen LogP contribution in [0.25, 0.3) is 0 Å². The van der Waals surface area contributed by atoms with E-state index in [2.05, 4.69) is 10.5 Å². The van der Waals surface area contributed by atoms with E-state index >= 15 is 0 Å². The van der Waals surface area contributed by atoms with Gasteiger partial charge in [-0.15, -0.1) is 0 Å². The van der Waals surface area contributed by atoms with Crippen LogP contribution in [0.5, 0.6) is 5.75 Å². The first-order chi connectivity index (χ1) is 10.1. The molecule has 5 nitrogen and oxygen atoms in total. The molecule has 110 valence electrons. The summed E-state index contributed by atoms with van der Waals surface area (Å²) in [6.07, 6.45) is 1.55. The number of nitrogens with one attached hydrogen (secondary N) is 1. The smallest absolute Gasteiger partial charge is 0.277 e. The topological polar surface area (TPSA) is 63.8 Å². The van der Waals surface area contributed by atoms with Gasteiger partial charge in [-0.1, -0.05) is 6.07 Å². The van der Waals surface area contributed by atoms with Crippen LogP contribution >= 0.6 is 0 Å². The Kier molecular flexibility index (Phi) is 4.77. The van der Waals surface area contributed by atoms with E-state index in [1.807, 2.05) is 32.0 Å². The summed E-state index contributed by atoms with van der Waals surface area (Å²) in [7, 11) is 0. The Hall–Kier alpha value is -2.56. The molecule has 21 heavy (non-hydrogen) atoms. The zero-order valence-electron chi connectivity index (χ0n) is 12.3. The Morgan fingerprint density at radius 3 is 2.76 bits per heavy atom.